The van der Waals surface area contributed by atoms with Crippen LogP contribution < -0.4 is 15.5 Å². The van der Waals surface area contributed by atoms with Crippen molar-refractivity contribution in [3.05, 3.63) is 23.4 Å². The molecular weight excluding hydrogens is 527 g/mol. The second-order valence-corrected chi connectivity index (χ2v) is 9.62. The van der Waals surface area contributed by atoms with Crippen LogP contribution in [0.5, 0.6) is 0 Å². The number of nitrogens with one attached hydrogen (secondary N) is 2. The van der Waals surface area contributed by atoms with Crippen molar-refractivity contribution in [3.63, 3.8) is 0 Å². The van der Waals surface area contributed by atoms with Gasteiger partial charge >= 0.3 is 0 Å². The number of anilines is 1. The predicted molar refractivity (Wildman–Crippen MR) is 129 cm³/mol. The molecule has 29 heavy (non-hydrogen) atoms. The zero-order chi connectivity index (χ0) is 20.1. The number of hydrogen-bond donors (Lipinski definition) is 2. The van der Waals surface area contributed by atoms with Gasteiger partial charge in [-0.2, -0.15) is 4.31 Å². The Kier molecular flexibility index (Phi) is 9.23. The summed E-state index contributed by atoms with van der Waals surface area (Å²) in [5, 5.41) is 7.39. The van der Waals surface area contributed by atoms with E-state index in [2.05, 4.69) is 25.5 Å². The maximum Gasteiger partial charge on any atom is 0.211 e. The van der Waals surface area contributed by atoms with Crippen LogP contribution in [-0.2, 0) is 10.0 Å². The first kappa shape index (κ1) is 24.4. The number of rotatable bonds is 6. The summed E-state index contributed by atoms with van der Waals surface area (Å²) in [6.07, 6.45) is 5.72. The molecule has 1 aromatic rings. The van der Waals surface area contributed by atoms with Crippen molar-refractivity contribution in [1.29, 1.82) is 0 Å². The molecule has 2 atom stereocenters. The fraction of sp³-hybridized carbons (Fsp3) is 0.667. The SMILES string of the molecule is CCNC(=NC[C@H]1CCCN1S(C)(=O)=O)NC1CCN(c2ncccc2Cl)C1.I. The lowest BCUT2D eigenvalue weighted by atomic mass is 10.2. The first-order chi connectivity index (χ1) is 13.4. The average Bonchev–Trinajstić information content (AvgIpc) is 3.29. The van der Waals surface area contributed by atoms with Crippen LogP contribution in [0.2, 0.25) is 5.02 Å². The Morgan fingerprint density at radius 3 is 2.86 bits per heavy atom. The molecule has 11 heteroatoms. The molecule has 2 aliphatic rings. The fourth-order valence-electron chi connectivity index (χ4n) is 3.82. The van der Waals surface area contributed by atoms with Crippen molar-refractivity contribution in [1.82, 2.24) is 19.9 Å². The van der Waals surface area contributed by atoms with Crippen LogP contribution in [0.3, 0.4) is 0 Å². The second-order valence-electron chi connectivity index (χ2n) is 7.27. The lowest BCUT2D eigenvalue weighted by Crippen LogP contribution is -2.45. The van der Waals surface area contributed by atoms with E-state index in [0.717, 1.165) is 50.7 Å². The molecule has 2 fully saturated rings. The van der Waals surface area contributed by atoms with Gasteiger partial charge in [-0.15, -0.1) is 24.0 Å². The van der Waals surface area contributed by atoms with Crippen molar-refractivity contribution in [2.45, 2.75) is 38.3 Å². The van der Waals surface area contributed by atoms with Gasteiger partial charge in [0.2, 0.25) is 10.0 Å². The molecule has 0 amide bonds. The molecule has 3 rings (SSSR count). The van der Waals surface area contributed by atoms with Crippen LogP contribution in [0.1, 0.15) is 26.2 Å². The molecule has 0 spiro atoms. The van der Waals surface area contributed by atoms with Crippen molar-refractivity contribution in [3.8, 4) is 0 Å². The Labute approximate surface area is 195 Å². The van der Waals surface area contributed by atoms with E-state index in [1.54, 1.807) is 10.5 Å². The number of nitrogens with zero attached hydrogens (tertiary/aromatic N) is 4. The van der Waals surface area contributed by atoms with Gasteiger partial charge < -0.3 is 15.5 Å². The van der Waals surface area contributed by atoms with Crippen LogP contribution in [0.15, 0.2) is 23.3 Å². The number of pyridine rings is 1. The van der Waals surface area contributed by atoms with Gasteiger partial charge in [0, 0.05) is 44.5 Å². The summed E-state index contributed by atoms with van der Waals surface area (Å²) < 4.78 is 25.4. The predicted octanol–water partition coefficient (Wildman–Crippen LogP) is 1.91. The molecule has 0 radical (unpaired) electrons. The highest BCUT2D eigenvalue weighted by Crippen LogP contribution is 2.25. The maximum absolute atomic E-state index is 11.9. The minimum atomic E-state index is -3.18. The number of aliphatic imine (C=N–C) groups is 1. The van der Waals surface area contributed by atoms with Gasteiger partial charge in [0.05, 0.1) is 17.8 Å². The van der Waals surface area contributed by atoms with E-state index >= 15 is 0 Å². The highest BCUT2D eigenvalue weighted by molar-refractivity contribution is 14.0. The van der Waals surface area contributed by atoms with E-state index < -0.39 is 10.0 Å². The molecule has 0 bridgehead atoms. The van der Waals surface area contributed by atoms with Crippen LogP contribution in [0, 0.1) is 0 Å². The van der Waals surface area contributed by atoms with Crippen LogP contribution >= 0.6 is 35.6 Å². The number of sulfonamides is 1. The number of aromatic nitrogens is 1. The molecule has 2 aliphatic heterocycles. The molecule has 3 heterocycles. The first-order valence-electron chi connectivity index (χ1n) is 9.75. The van der Waals surface area contributed by atoms with Crippen LogP contribution in [-0.4, -0.2) is 74.7 Å². The Morgan fingerprint density at radius 2 is 2.17 bits per heavy atom. The van der Waals surface area contributed by atoms with Gasteiger partial charge in [0.25, 0.3) is 0 Å². The zero-order valence-electron chi connectivity index (χ0n) is 16.8. The smallest absolute Gasteiger partial charge is 0.211 e. The fourth-order valence-corrected chi connectivity index (χ4v) is 5.23. The van der Waals surface area contributed by atoms with Gasteiger partial charge in [-0.05, 0) is 38.3 Å². The highest BCUT2D eigenvalue weighted by Gasteiger charge is 2.31. The lowest BCUT2D eigenvalue weighted by molar-refractivity contribution is 0.396. The highest BCUT2D eigenvalue weighted by atomic mass is 127. The van der Waals surface area contributed by atoms with E-state index in [1.807, 2.05) is 19.1 Å². The normalized spacial score (nSPS) is 23.1. The molecule has 2 saturated heterocycles. The molecule has 1 unspecified atom stereocenters. The largest absolute Gasteiger partial charge is 0.357 e. The summed E-state index contributed by atoms with van der Waals surface area (Å²) in [5.41, 5.74) is 0. The van der Waals surface area contributed by atoms with Gasteiger partial charge in [0.15, 0.2) is 5.96 Å². The summed E-state index contributed by atoms with van der Waals surface area (Å²) in [4.78, 5) is 11.2. The summed E-state index contributed by atoms with van der Waals surface area (Å²) in [6.45, 7) is 5.48. The van der Waals surface area contributed by atoms with Crippen molar-refractivity contribution < 1.29 is 8.42 Å². The molecule has 0 aromatic carbocycles. The summed E-state index contributed by atoms with van der Waals surface area (Å²) in [7, 11) is -3.18. The van der Waals surface area contributed by atoms with Crippen molar-refractivity contribution in [2.75, 3.05) is 43.9 Å². The van der Waals surface area contributed by atoms with E-state index in [1.165, 1.54) is 6.26 Å². The van der Waals surface area contributed by atoms with Gasteiger partial charge in [-0.3, -0.25) is 4.99 Å². The minimum absolute atomic E-state index is 0. The minimum Gasteiger partial charge on any atom is -0.357 e. The molecule has 164 valence electrons. The lowest BCUT2D eigenvalue weighted by Gasteiger charge is -2.22. The third-order valence-corrected chi connectivity index (χ3v) is 6.75. The topological polar surface area (TPSA) is 89.9 Å². The van der Waals surface area contributed by atoms with Crippen LogP contribution in [0.25, 0.3) is 0 Å². The second kappa shape index (κ2) is 11.0. The number of halogens is 2. The maximum atomic E-state index is 11.9. The number of guanidine groups is 1. The molecule has 1 aromatic heterocycles. The molecule has 8 nitrogen and oxygen atoms in total. The van der Waals surface area contributed by atoms with Gasteiger partial charge in [-0.1, -0.05) is 11.6 Å². The Bertz CT molecular complexity index is 809. The Hall–Kier alpha value is -0.850. The van der Waals surface area contributed by atoms with Crippen molar-refractivity contribution >= 4 is 57.4 Å². The van der Waals surface area contributed by atoms with E-state index in [9.17, 15) is 8.42 Å². The third kappa shape index (κ3) is 6.56. The summed E-state index contributed by atoms with van der Waals surface area (Å²) >= 11 is 6.27. The third-order valence-electron chi connectivity index (χ3n) is 5.12. The van der Waals surface area contributed by atoms with Crippen LogP contribution in [0.4, 0.5) is 5.82 Å². The average molecular weight is 557 g/mol. The molecular formula is C18H30ClIN6O2S. The quantitative estimate of drug-likeness (QED) is 0.316. The van der Waals surface area contributed by atoms with Gasteiger partial charge in [0.1, 0.15) is 5.82 Å². The van der Waals surface area contributed by atoms with E-state index in [0.29, 0.717) is 18.1 Å². The molecule has 2 N–H and O–H groups in total. The number of hydrogen-bond acceptors (Lipinski definition) is 5. The Morgan fingerprint density at radius 1 is 1.38 bits per heavy atom. The molecule has 0 saturated carbocycles. The van der Waals surface area contributed by atoms with Gasteiger partial charge in [-0.25, -0.2) is 13.4 Å². The Balaban J connectivity index is 0.00000300. The monoisotopic (exact) mass is 556 g/mol. The standard InChI is InChI=1S/C18H29ClN6O2S.HI/c1-3-20-18(22-12-15-6-5-10-25(15)28(2,26)27)23-14-8-11-24(13-14)17-16(19)7-4-9-21-17;/h4,7,9,14-15H,3,5-6,8,10-13H2,1-2H3,(H2,20,22,23);1H/t14?,15-;/m1./s1. The van der Waals surface area contributed by atoms with Crippen molar-refractivity contribution in [2.24, 2.45) is 4.99 Å². The zero-order valence-corrected chi connectivity index (χ0v) is 20.7. The summed E-state index contributed by atoms with van der Waals surface area (Å²) in [6, 6.07) is 3.85. The molecule has 0 aliphatic carbocycles. The summed E-state index contributed by atoms with van der Waals surface area (Å²) in [5.74, 6) is 1.53. The van der Waals surface area contributed by atoms with E-state index in [4.69, 9.17) is 11.6 Å². The van der Waals surface area contributed by atoms with E-state index in [-0.39, 0.29) is 36.1 Å². The first-order valence-corrected chi connectivity index (χ1v) is 12.0.